The number of fused-ring (bicyclic) bond motifs is 1. The smallest absolute Gasteiger partial charge is 0.301 e. The van der Waals surface area contributed by atoms with Crippen molar-refractivity contribution in [2.24, 2.45) is 0 Å². The minimum Gasteiger partial charge on any atom is -0.507 e. The van der Waals surface area contributed by atoms with E-state index < -0.39 is 17.7 Å². The Balaban J connectivity index is 1.69. The standard InChI is InChI=1S/C31H29ClN2O5S/c1-4-6-15-39-23-14-10-20(17-24(23)38-5-2)27-26(28(35)19-8-11-21(32)12-9-19)29(36)30(37)34(27)31-33-22-13-7-18(3)16-25(22)40-31/h7-14,16-17,27,35H,4-6,15H2,1-3H3/b28-26+. The number of hydrogen-bond donors (Lipinski definition) is 1. The third-order valence-electron chi connectivity index (χ3n) is 6.64. The Morgan fingerprint density at radius 2 is 1.80 bits per heavy atom. The number of unbranched alkanes of at least 4 members (excludes halogenated alkanes) is 1. The summed E-state index contributed by atoms with van der Waals surface area (Å²) in [6.45, 7) is 6.88. The molecule has 40 heavy (non-hydrogen) atoms. The molecule has 1 aliphatic heterocycles. The topological polar surface area (TPSA) is 89.0 Å². The second-order valence-electron chi connectivity index (χ2n) is 9.48. The molecule has 9 heteroatoms. The number of Topliss-reactive ketones (excluding diaryl/α,β-unsaturated/α-hetero) is 1. The van der Waals surface area contributed by atoms with Gasteiger partial charge in [0.15, 0.2) is 16.6 Å². The normalized spacial score (nSPS) is 16.6. The number of carbonyl (C=O) groups is 2. The minimum atomic E-state index is -0.943. The van der Waals surface area contributed by atoms with Crippen LogP contribution in [0.15, 0.2) is 66.2 Å². The number of ether oxygens (including phenoxy) is 2. The summed E-state index contributed by atoms with van der Waals surface area (Å²) in [5.74, 6) is -0.787. The third-order valence-corrected chi connectivity index (χ3v) is 7.91. The lowest BCUT2D eigenvalue weighted by molar-refractivity contribution is -0.132. The van der Waals surface area contributed by atoms with Gasteiger partial charge in [-0.25, -0.2) is 4.98 Å². The van der Waals surface area contributed by atoms with Gasteiger partial charge in [0.1, 0.15) is 5.76 Å². The second kappa shape index (κ2) is 11.7. The molecule has 4 aromatic rings. The maximum absolute atomic E-state index is 13.6. The summed E-state index contributed by atoms with van der Waals surface area (Å²) in [5, 5.41) is 12.3. The first-order chi connectivity index (χ1) is 19.3. The highest BCUT2D eigenvalue weighted by atomic mass is 35.5. The Morgan fingerprint density at radius 3 is 2.52 bits per heavy atom. The van der Waals surface area contributed by atoms with Gasteiger partial charge in [-0.3, -0.25) is 14.5 Å². The lowest BCUT2D eigenvalue weighted by Gasteiger charge is -2.24. The average Bonchev–Trinajstić information content (AvgIpc) is 3.47. The quantitative estimate of drug-likeness (QED) is 0.0962. The number of amides is 1. The zero-order valence-corrected chi connectivity index (χ0v) is 24.0. The van der Waals surface area contributed by atoms with Gasteiger partial charge in [-0.05, 0) is 79.9 Å². The molecular formula is C31H29ClN2O5S. The van der Waals surface area contributed by atoms with Crippen molar-refractivity contribution in [2.45, 2.75) is 39.7 Å². The first-order valence-electron chi connectivity index (χ1n) is 13.2. The summed E-state index contributed by atoms with van der Waals surface area (Å²) < 4.78 is 12.7. The van der Waals surface area contributed by atoms with Crippen LogP contribution in [0.1, 0.15) is 49.4 Å². The van der Waals surface area contributed by atoms with E-state index in [1.54, 1.807) is 42.5 Å². The van der Waals surface area contributed by atoms with Crippen molar-refractivity contribution in [1.29, 1.82) is 0 Å². The first-order valence-corrected chi connectivity index (χ1v) is 14.4. The van der Waals surface area contributed by atoms with Gasteiger partial charge in [0.2, 0.25) is 0 Å². The molecule has 0 spiro atoms. The minimum absolute atomic E-state index is 0.0372. The van der Waals surface area contributed by atoms with E-state index in [-0.39, 0.29) is 11.3 Å². The molecule has 0 saturated carbocycles. The maximum Gasteiger partial charge on any atom is 0.301 e. The van der Waals surface area contributed by atoms with Crippen LogP contribution in [0.3, 0.4) is 0 Å². The Kier molecular flexibility index (Phi) is 8.09. The van der Waals surface area contributed by atoms with Gasteiger partial charge in [0.25, 0.3) is 5.78 Å². The molecule has 1 N–H and O–H groups in total. The molecule has 0 radical (unpaired) electrons. The highest BCUT2D eigenvalue weighted by Gasteiger charge is 2.48. The number of aliphatic hydroxyl groups excluding tert-OH is 1. The number of benzene rings is 3. The SMILES string of the molecule is CCCCOc1ccc(C2/C(=C(\O)c3ccc(Cl)cc3)C(=O)C(=O)N2c2nc3ccc(C)cc3s2)cc1OCC. The molecule has 1 amide bonds. The molecule has 1 aromatic heterocycles. The molecule has 1 unspecified atom stereocenters. The number of halogens is 1. The van der Waals surface area contributed by atoms with Gasteiger partial charge >= 0.3 is 5.91 Å². The molecule has 5 rings (SSSR count). The fourth-order valence-electron chi connectivity index (χ4n) is 4.64. The van der Waals surface area contributed by atoms with E-state index in [1.807, 2.05) is 32.0 Å². The fourth-order valence-corrected chi connectivity index (χ4v) is 5.86. The molecule has 0 aliphatic carbocycles. The van der Waals surface area contributed by atoms with Crippen molar-refractivity contribution >= 4 is 55.7 Å². The Hall–Kier alpha value is -3.88. The van der Waals surface area contributed by atoms with E-state index in [0.29, 0.717) is 46.0 Å². The lowest BCUT2D eigenvalue weighted by Crippen LogP contribution is -2.29. The first kappa shape index (κ1) is 27.7. The predicted octanol–water partition coefficient (Wildman–Crippen LogP) is 7.46. The van der Waals surface area contributed by atoms with Crippen LogP contribution >= 0.6 is 22.9 Å². The lowest BCUT2D eigenvalue weighted by atomic mass is 9.95. The van der Waals surface area contributed by atoms with Gasteiger partial charge in [-0.2, -0.15) is 0 Å². The molecule has 0 bridgehead atoms. The number of carbonyl (C=O) groups excluding carboxylic acids is 2. The molecule has 1 saturated heterocycles. The van der Waals surface area contributed by atoms with E-state index >= 15 is 0 Å². The summed E-state index contributed by atoms with van der Waals surface area (Å²) in [6.07, 6.45) is 1.88. The summed E-state index contributed by atoms with van der Waals surface area (Å²) in [6, 6.07) is 16.7. The zero-order valence-electron chi connectivity index (χ0n) is 22.4. The number of nitrogens with zero attached hydrogens (tertiary/aromatic N) is 2. The van der Waals surface area contributed by atoms with Crippen LogP contribution in [-0.4, -0.2) is 35.0 Å². The number of hydrogen-bond acceptors (Lipinski definition) is 7. The number of aromatic nitrogens is 1. The van der Waals surface area contributed by atoms with Gasteiger partial charge in [0, 0.05) is 10.6 Å². The van der Waals surface area contributed by atoms with Crippen molar-refractivity contribution in [1.82, 2.24) is 4.98 Å². The zero-order chi connectivity index (χ0) is 28.4. The Labute approximate surface area is 241 Å². The van der Waals surface area contributed by atoms with Crippen molar-refractivity contribution in [3.63, 3.8) is 0 Å². The highest BCUT2D eigenvalue weighted by Crippen LogP contribution is 2.46. The van der Waals surface area contributed by atoms with E-state index in [4.69, 9.17) is 26.1 Å². The van der Waals surface area contributed by atoms with Crippen LogP contribution in [-0.2, 0) is 9.59 Å². The van der Waals surface area contributed by atoms with Crippen molar-refractivity contribution in [3.8, 4) is 11.5 Å². The summed E-state index contributed by atoms with van der Waals surface area (Å²) >= 11 is 7.37. The van der Waals surface area contributed by atoms with Gasteiger partial charge in [-0.15, -0.1) is 0 Å². The third kappa shape index (κ3) is 5.29. The largest absolute Gasteiger partial charge is 0.507 e. The maximum atomic E-state index is 13.6. The molecule has 1 aliphatic rings. The number of thiazole rings is 1. The summed E-state index contributed by atoms with van der Waals surface area (Å²) in [5.41, 5.74) is 2.70. The Morgan fingerprint density at radius 1 is 1.02 bits per heavy atom. The number of anilines is 1. The van der Waals surface area contributed by atoms with Crippen LogP contribution < -0.4 is 14.4 Å². The number of ketones is 1. The number of aryl methyl sites for hydroxylation is 1. The molecule has 2 heterocycles. The average molecular weight is 577 g/mol. The van der Waals surface area contributed by atoms with Gasteiger partial charge in [0.05, 0.1) is 35.0 Å². The van der Waals surface area contributed by atoms with Crippen molar-refractivity contribution in [2.75, 3.05) is 18.1 Å². The van der Waals surface area contributed by atoms with Crippen LogP contribution in [0.4, 0.5) is 5.13 Å². The van der Waals surface area contributed by atoms with Crippen molar-refractivity contribution in [3.05, 3.63) is 87.9 Å². The van der Waals surface area contributed by atoms with Gasteiger partial charge in [-0.1, -0.05) is 48.4 Å². The Bertz CT molecular complexity index is 1610. The molecule has 1 atom stereocenters. The van der Waals surface area contributed by atoms with E-state index in [0.717, 1.165) is 28.6 Å². The van der Waals surface area contributed by atoms with E-state index in [9.17, 15) is 14.7 Å². The molecular weight excluding hydrogens is 548 g/mol. The molecule has 7 nitrogen and oxygen atoms in total. The molecule has 3 aromatic carbocycles. The molecule has 206 valence electrons. The number of rotatable bonds is 9. The van der Waals surface area contributed by atoms with Crippen LogP contribution in [0, 0.1) is 6.92 Å². The van der Waals surface area contributed by atoms with E-state index in [1.165, 1.54) is 16.2 Å². The van der Waals surface area contributed by atoms with Gasteiger partial charge < -0.3 is 14.6 Å². The summed E-state index contributed by atoms with van der Waals surface area (Å²) in [7, 11) is 0. The monoisotopic (exact) mass is 576 g/mol. The van der Waals surface area contributed by atoms with Crippen LogP contribution in [0.5, 0.6) is 11.5 Å². The highest BCUT2D eigenvalue weighted by molar-refractivity contribution is 7.22. The van der Waals surface area contributed by atoms with Crippen LogP contribution in [0.2, 0.25) is 5.02 Å². The number of aliphatic hydroxyl groups is 1. The van der Waals surface area contributed by atoms with E-state index in [2.05, 4.69) is 6.92 Å². The van der Waals surface area contributed by atoms with Crippen molar-refractivity contribution < 1.29 is 24.2 Å². The summed E-state index contributed by atoms with van der Waals surface area (Å²) in [4.78, 5) is 33.2. The van der Waals surface area contributed by atoms with Crippen LogP contribution in [0.25, 0.3) is 16.0 Å². The second-order valence-corrected chi connectivity index (χ2v) is 10.9. The fraction of sp³-hybridized carbons (Fsp3) is 0.258. The molecule has 1 fully saturated rings. The predicted molar refractivity (Wildman–Crippen MR) is 159 cm³/mol.